The highest BCUT2D eigenvalue weighted by Gasteiger charge is 2.21. The zero-order valence-corrected chi connectivity index (χ0v) is 11.2. The van der Waals surface area contributed by atoms with Crippen molar-refractivity contribution in [3.8, 4) is 5.75 Å². The van der Waals surface area contributed by atoms with E-state index in [1.807, 2.05) is 0 Å². The number of nitrogen functional groups attached to an aromatic ring is 1. The smallest absolute Gasteiger partial charge is 0.342 e. The third-order valence-corrected chi connectivity index (χ3v) is 2.45. The van der Waals surface area contributed by atoms with Crippen molar-refractivity contribution in [1.29, 1.82) is 0 Å². The molecule has 6 nitrogen and oxygen atoms in total. The first-order valence-corrected chi connectivity index (χ1v) is 5.91. The Balaban J connectivity index is 2.83. The zero-order valence-electron chi connectivity index (χ0n) is 11.2. The SMILES string of the molecule is CCNC(=O)C(C)OC(=O)c1cc(N)ccc1OC. The number of esters is 1. The Morgan fingerprint density at radius 3 is 2.68 bits per heavy atom. The van der Waals surface area contributed by atoms with Gasteiger partial charge in [0.05, 0.1) is 7.11 Å². The molecule has 104 valence electrons. The topological polar surface area (TPSA) is 90.7 Å². The summed E-state index contributed by atoms with van der Waals surface area (Å²) in [5.41, 5.74) is 6.22. The summed E-state index contributed by atoms with van der Waals surface area (Å²) in [4.78, 5) is 23.4. The van der Waals surface area contributed by atoms with Crippen molar-refractivity contribution in [3.63, 3.8) is 0 Å². The Morgan fingerprint density at radius 2 is 2.11 bits per heavy atom. The van der Waals surface area contributed by atoms with E-state index in [0.29, 0.717) is 18.0 Å². The number of benzene rings is 1. The van der Waals surface area contributed by atoms with E-state index in [1.165, 1.54) is 20.1 Å². The van der Waals surface area contributed by atoms with Crippen LogP contribution in [0, 0.1) is 0 Å². The largest absolute Gasteiger partial charge is 0.496 e. The van der Waals surface area contributed by atoms with E-state index < -0.39 is 12.1 Å². The van der Waals surface area contributed by atoms with Crippen molar-refractivity contribution in [2.45, 2.75) is 20.0 Å². The standard InChI is InChI=1S/C13H18N2O4/c1-4-15-12(16)8(2)19-13(17)10-7-9(14)5-6-11(10)18-3/h5-8H,4,14H2,1-3H3,(H,15,16). The Bertz CT molecular complexity index is 474. The van der Waals surface area contributed by atoms with E-state index in [0.717, 1.165) is 0 Å². The van der Waals surface area contributed by atoms with Gasteiger partial charge in [-0.05, 0) is 32.0 Å². The summed E-state index contributed by atoms with van der Waals surface area (Å²) in [7, 11) is 1.44. The molecule has 0 aliphatic rings. The maximum atomic E-state index is 12.0. The van der Waals surface area contributed by atoms with Gasteiger partial charge in [0.25, 0.3) is 5.91 Å². The third-order valence-electron chi connectivity index (χ3n) is 2.45. The van der Waals surface area contributed by atoms with Crippen LogP contribution < -0.4 is 15.8 Å². The lowest BCUT2D eigenvalue weighted by Gasteiger charge is -2.14. The van der Waals surface area contributed by atoms with Crippen LogP contribution in [0.1, 0.15) is 24.2 Å². The molecular formula is C13H18N2O4. The molecule has 1 unspecified atom stereocenters. The molecule has 0 radical (unpaired) electrons. The Labute approximate surface area is 111 Å². The average molecular weight is 266 g/mol. The van der Waals surface area contributed by atoms with Gasteiger partial charge in [-0.1, -0.05) is 0 Å². The van der Waals surface area contributed by atoms with Crippen LogP contribution in [-0.4, -0.2) is 31.6 Å². The average Bonchev–Trinajstić information content (AvgIpc) is 2.38. The van der Waals surface area contributed by atoms with E-state index in [4.69, 9.17) is 15.2 Å². The Hall–Kier alpha value is -2.24. The van der Waals surface area contributed by atoms with Gasteiger partial charge in [-0.25, -0.2) is 4.79 Å². The van der Waals surface area contributed by atoms with Gasteiger partial charge in [0, 0.05) is 12.2 Å². The molecule has 1 atom stereocenters. The molecule has 1 amide bonds. The van der Waals surface area contributed by atoms with Crippen LogP contribution in [0.25, 0.3) is 0 Å². The first-order chi connectivity index (χ1) is 8.99. The minimum Gasteiger partial charge on any atom is -0.496 e. The van der Waals surface area contributed by atoms with Crippen LogP contribution in [0.5, 0.6) is 5.75 Å². The zero-order chi connectivity index (χ0) is 14.4. The second-order valence-electron chi connectivity index (χ2n) is 3.90. The molecule has 19 heavy (non-hydrogen) atoms. The highest BCUT2D eigenvalue weighted by molar-refractivity contribution is 5.95. The number of methoxy groups -OCH3 is 1. The quantitative estimate of drug-likeness (QED) is 0.612. The maximum absolute atomic E-state index is 12.0. The fraction of sp³-hybridized carbons (Fsp3) is 0.385. The van der Waals surface area contributed by atoms with Crippen molar-refractivity contribution < 1.29 is 19.1 Å². The molecular weight excluding hydrogens is 248 g/mol. The summed E-state index contributed by atoms with van der Waals surface area (Å²) in [6.45, 7) is 3.76. The molecule has 1 rings (SSSR count). The van der Waals surface area contributed by atoms with E-state index in [2.05, 4.69) is 5.32 Å². The van der Waals surface area contributed by atoms with Crippen molar-refractivity contribution in [2.75, 3.05) is 19.4 Å². The van der Waals surface area contributed by atoms with Crippen LogP contribution >= 0.6 is 0 Å². The van der Waals surface area contributed by atoms with Crippen LogP contribution in [0.3, 0.4) is 0 Å². The van der Waals surface area contributed by atoms with Crippen molar-refractivity contribution in [1.82, 2.24) is 5.32 Å². The molecule has 0 saturated carbocycles. The molecule has 0 heterocycles. The fourth-order valence-corrected chi connectivity index (χ4v) is 1.48. The van der Waals surface area contributed by atoms with E-state index in [9.17, 15) is 9.59 Å². The number of carbonyl (C=O) groups excluding carboxylic acids is 2. The summed E-state index contributed by atoms with van der Waals surface area (Å²) in [6.07, 6.45) is -0.876. The van der Waals surface area contributed by atoms with Crippen LogP contribution in [-0.2, 0) is 9.53 Å². The predicted molar refractivity (Wildman–Crippen MR) is 71.0 cm³/mol. The molecule has 0 fully saturated rings. The number of ether oxygens (including phenoxy) is 2. The highest BCUT2D eigenvalue weighted by Crippen LogP contribution is 2.22. The van der Waals surface area contributed by atoms with Crippen molar-refractivity contribution in [3.05, 3.63) is 23.8 Å². The number of amides is 1. The number of nitrogens with two attached hydrogens (primary N) is 1. The van der Waals surface area contributed by atoms with Gasteiger partial charge < -0.3 is 20.5 Å². The summed E-state index contributed by atoms with van der Waals surface area (Å²) in [6, 6.07) is 4.64. The number of hydrogen-bond acceptors (Lipinski definition) is 5. The van der Waals surface area contributed by atoms with E-state index >= 15 is 0 Å². The minimum atomic E-state index is -0.876. The van der Waals surface area contributed by atoms with Crippen molar-refractivity contribution >= 4 is 17.6 Å². The van der Waals surface area contributed by atoms with Crippen LogP contribution in [0.15, 0.2) is 18.2 Å². The van der Waals surface area contributed by atoms with E-state index in [1.54, 1.807) is 19.1 Å². The molecule has 3 N–H and O–H groups in total. The van der Waals surface area contributed by atoms with Gasteiger partial charge in [0.2, 0.25) is 0 Å². The predicted octanol–water partition coefficient (Wildman–Crippen LogP) is 0.959. The van der Waals surface area contributed by atoms with Gasteiger partial charge in [0.1, 0.15) is 11.3 Å². The molecule has 1 aromatic rings. The molecule has 0 bridgehead atoms. The molecule has 0 spiro atoms. The minimum absolute atomic E-state index is 0.193. The lowest BCUT2D eigenvalue weighted by atomic mass is 10.2. The monoisotopic (exact) mass is 266 g/mol. The van der Waals surface area contributed by atoms with Crippen LogP contribution in [0.4, 0.5) is 5.69 Å². The normalized spacial score (nSPS) is 11.5. The second kappa shape index (κ2) is 6.63. The lowest BCUT2D eigenvalue weighted by Crippen LogP contribution is -2.35. The summed E-state index contributed by atoms with van der Waals surface area (Å²) in [5, 5.41) is 2.57. The van der Waals surface area contributed by atoms with Gasteiger partial charge in [-0.3, -0.25) is 4.79 Å². The number of nitrogens with one attached hydrogen (secondary N) is 1. The van der Waals surface area contributed by atoms with Gasteiger partial charge >= 0.3 is 5.97 Å². The van der Waals surface area contributed by atoms with Gasteiger partial charge in [0.15, 0.2) is 6.10 Å². The molecule has 0 saturated heterocycles. The van der Waals surface area contributed by atoms with Gasteiger partial charge in [-0.2, -0.15) is 0 Å². The third kappa shape index (κ3) is 3.87. The first-order valence-electron chi connectivity index (χ1n) is 5.91. The number of hydrogen-bond donors (Lipinski definition) is 2. The number of likely N-dealkylation sites (N-methyl/N-ethyl adjacent to an activating group) is 1. The van der Waals surface area contributed by atoms with E-state index in [-0.39, 0.29) is 11.5 Å². The Morgan fingerprint density at radius 1 is 1.42 bits per heavy atom. The number of anilines is 1. The molecule has 1 aromatic carbocycles. The fourth-order valence-electron chi connectivity index (χ4n) is 1.48. The number of carbonyl (C=O) groups is 2. The van der Waals surface area contributed by atoms with Gasteiger partial charge in [-0.15, -0.1) is 0 Å². The number of rotatable bonds is 5. The lowest BCUT2D eigenvalue weighted by molar-refractivity contribution is -0.128. The molecule has 0 aliphatic heterocycles. The Kier molecular flexibility index (Phi) is 5.17. The summed E-state index contributed by atoms with van der Waals surface area (Å²) in [5.74, 6) is -0.649. The first kappa shape index (κ1) is 14.8. The van der Waals surface area contributed by atoms with Crippen LogP contribution in [0.2, 0.25) is 0 Å². The highest BCUT2D eigenvalue weighted by atomic mass is 16.5. The molecule has 0 aromatic heterocycles. The maximum Gasteiger partial charge on any atom is 0.342 e. The molecule has 0 aliphatic carbocycles. The second-order valence-corrected chi connectivity index (χ2v) is 3.90. The summed E-state index contributed by atoms with van der Waals surface area (Å²) < 4.78 is 10.1. The molecule has 6 heteroatoms. The summed E-state index contributed by atoms with van der Waals surface area (Å²) >= 11 is 0. The van der Waals surface area contributed by atoms with Crippen molar-refractivity contribution in [2.24, 2.45) is 0 Å².